The Morgan fingerprint density at radius 1 is 1.23 bits per heavy atom. The second-order valence-corrected chi connectivity index (χ2v) is 5.14. The molecule has 0 saturated carbocycles. The minimum Gasteiger partial charge on any atom is -0.425 e. The summed E-state index contributed by atoms with van der Waals surface area (Å²) in [5, 5.41) is 0. The maximum absolute atomic E-state index is 12.1. The molecular formula is C17H18O5. The van der Waals surface area contributed by atoms with Gasteiger partial charge in [-0.05, 0) is 50.6 Å². The van der Waals surface area contributed by atoms with Gasteiger partial charge in [0.25, 0.3) is 0 Å². The number of esters is 2. The lowest BCUT2D eigenvalue weighted by molar-refractivity contribution is -0.130. The van der Waals surface area contributed by atoms with Crippen molar-refractivity contribution in [1.29, 1.82) is 0 Å². The second-order valence-electron chi connectivity index (χ2n) is 5.14. The molecule has 1 unspecified atom stereocenters. The number of benzene rings is 1. The SMILES string of the molecule is C=C(C)C(=O)Oc1ccc(C(=O)OC2=C(C)C(C)OC2)cc1. The van der Waals surface area contributed by atoms with E-state index in [9.17, 15) is 9.59 Å². The van der Waals surface area contributed by atoms with E-state index in [1.54, 1.807) is 19.1 Å². The Hall–Kier alpha value is -2.40. The van der Waals surface area contributed by atoms with Crippen LogP contribution in [0.3, 0.4) is 0 Å². The monoisotopic (exact) mass is 302 g/mol. The highest BCUT2D eigenvalue weighted by Crippen LogP contribution is 2.23. The van der Waals surface area contributed by atoms with Gasteiger partial charge in [-0.3, -0.25) is 0 Å². The van der Waals surface area contributed by atoms with Gasteiger partial charge >= 0.3 is 11.9 Å². The molecule has 0 fully saturated rings. The largest absolute Gasteiger partial charge is 0.425 e. The molecule has 0 bridgehead atoms. The van der Waals surface area contributed by atoms with Gasteiger partial charge < -0.3 is 14.2 Å². The summed E-state index contributed by atoms with van der Waals surface area (Å²) < 4.78 is 15.8. The van der Waals surface area contributed by atoms with E-state index in [1.807, 2.05) is 13.8 Å². The number of rotatable bonds is 4. The summed E-state index contributed by atoms with van der Waals surface area (Å²) in [6.45, 7) is 9.14. The van der Waals surface area contributed by atoms with Crippen molar-refractivity contribution in [1.82, 2.24) is 0 Å². The highest BCUT2D eigenvalue weighted by molar-refractivity contribution is 5.91. The summed E-state index contributed by atoms with van der Waals surface area (Å²) in [6.07, 6.45) is -0.0354. The molecule has 0 radical (unpaired) electrons. The van der Waals surface area contributed by atoms with E-state index in [2.05, 4.69) is 6.58 Å². The van der Waals surface area contributed by atoms with Crippen LogP contribution < -0.4 is 4.74 Å². The smallest absolute Gasteiger partial charge is 0.343 e. The van der Waals surface area contributed by atoms with Crippen LogP contribution in [0, 0.1) is 0 Å². The molecule has 116 valence electrons. The molecule has 1 heterocycles. The van der Waals surface area contributed by atoms with Crippen molar-refractivity contribution in [3.63, 3.8) is 0 Å². The van der Waals surface area contributed by atoms with Gasteiger partial charge in [-0.1, -0.05) is 6.58 Å². The molecule has 1 aromatic carbocycles. The third-order valence-corrected chi connectivity index (χ3v) is 3.38. The van der Waals surface area contributed by atoms with E-state index in [-0.39, 0.29) is 6.10 Å². The number of hydrogen-bond acceptors (Lipinski definition) is 5. The molecule has 1 atom stereocenters. The van der Waals surface area contributed by atoms with Crippen molar-refractivity contribution >= 4 is 11.9 Å². The van der Waals surface area contributed by atoms with Crippen molar-refractivity contribution < 1.29 is 23.8 Å². The van der Waals surface area contributed by atoms with Crippen LogP contribution in [0.5, 0.6) is 5.75 Å². The lowest BCUT2D eigenvalue weighted by atomic mass is 10.2. The zero-order valence-corrected chi connectivity index (χ0v) is 12.8. The first-order valence-electron chi connectivity index (χ1n) is 6.89. The third-order valence-electron chi connectivity index (χ3n) is 3.38. The second kappa shape index (κ2) is 6.58. The number of carbonyl (C=O) groups is 2. The zero-order valence-electron chi connectivity index (χ0n) is 12.8. The first-order valence-corrected chi connectivity index (χ1v) is 6.89. The van der Waals surface area contributed by atoms with Gasteiger partial charge in [0.2, 0.25) is 0 Å². The Bertz CT molecular complexity index is 640. The molecule has 0 aromatic heterocycles. The summed E-state index contributed by atoms with van der Waals surface area (Å²) in [4.78, 5) is 23.5. The van der Waals surface area contributed by atoms with Gasteiger partial charge in [0, 0.05) is 5.57 Å². The first kappa shape index (κ1) is 16.0. The standard InChI is InChI=1S/C17H18O5/c1-10(2)16(18)21-14-7-5-13(6-8-14)17(19)22-15-9-20-12(4)11(15)3/h5-8,12H,1,9H2,2-4H3. The van der Waals surface area contributed by atoms with Gasteiger partial charge in [0.15, 0.2) is 0 Å². The molecule has 1 aliphatic heterocycles. The molecule has 0 saturated heterocycles. The van der Waals surface area contributed by atoms with Gasteiger partial charge in [-0.25, -0.2) is 9.59 Å². The Balaban J connectivity index is 2.03. The Labute approximate surface area is 129 Å². The van der Waals surface area contributed by atoms with Crippen LogP contribution in [0.15, 0.2) is 47.7 Å². The fourth-order valence-corrected chi connectivity index (χ4v) is 1.80. The van der Waals surface area contributed by atoms with Crippen LogP contribution in [0.25, 0.3) is 0 Å². The summed E-state index contributed by atoms with van der Waals surface area (Å²) in [5.74, 6) is -0.0777. The first-order chi connectivity index (χ1) is 10.4. The van der Waals surface area contributed by atoms with E-state index >= 15 is 0 Å². The lowest BCUT2D eigenvalue weighted by Crippen LogP contribution is -2.09. The summed E-state index contributed by atoms with van der Waals surface area (Å²) in [6, 6.07) is 6.15. The average Bonchev–Trinajstić information content (AvgIpc) is 2.80. The van der Waals surface area contributed by atoms with Gasteiger partial charge in [-0.15, -0.1) is 0 Å². The fraction of sp³-hybridized carbons (Fsp3) is 0.294. The van der Waals surface area contributed by atoms with E-state index < -0.39 is 11.9 Å². The van der Waals surface area contributed by atoms with Crippen molar-refractivity contribution in [2.75, 3.05) is 6.61 Å². The van der Waals surface area contributed by atoms with Crippen molar-refractivity contribution in [2.45, 2.75) is 26.9 Å². The molecule has 5 nitrogen and oxygen atoms in total. The maximum atomic E-state index is 12.1. The van der Waals surface area contributed by atoms with E-state index in [4.69, 9.17) is 14.2 Å². The topological polar surface area (TPSA) is 61.8 Å². The minimum absolute atomic E-state index is 0.0354. The van der Waals surface area contributed by atoms with Crippen molar-refractivity contribution in [2.24, 2.45) is 0 Å². The van der Waals surface area contributed by atoms with Crippen LogP contribution in [-0.2, 0) is 14.3 Å². The normalized spacial score (nSPS) is 17.3. The Morgan fingerprint density at radius 2 is 1.86 bits per heavy atom. The lowest BCUT2D eigenvalue weighted by Gasteiger charge is -2.07. The summed E-state index contributed by atoms with van der Waals surface area (Å²) >= 11 is 0. The Morgan fingerprint density at radius 3 is 2.36 bits per heavy atom. The summed E-state index contributed by atoms with van der Waals surface area (Å²) in [5.41, 5.74) is 1.59. The van der Waals surface area contributed by atoms with Crippen molar-refractivity contribution in [3.8, 4) is 5.75 Å². The van der Waals surface area contributed by atoms with Crippen LogP contribution in [0.2, 0.25) is 0 Å². The van der Waals surface area contributed by atoms with Gasteiger partial charge in [0.05, 0.1) is 11.7 Å². The average molecular weight is 302 g/mol. The molecule has 1 aliphatic rings. The third kappa shape index (κ3) is 3.62. The molecule has 0 aliphatic carbocycles. The van der Waals surface area contributed by atoms with E-state index in [1.165, 1.54) is 12.1 Å². The highest BCUT2D eigenvalue weighted by Gasteiger charge is 2.23. The molecule has 0 amide bonds. The predicted molar refractivity (Wildman–Crippen MR) is 80.4 cm³/mol. The molecular weight excluding hydrogens is 284 g/mol. The summed E-state index contributed by atoms with van der Waals surface area (Å²) in [7, 11) is 0. The molecule has 2 rings (SSSR count). The molecule has 1 aromatic rings. The van der Waals surface area contributed by atoms with E-state index in [0.717, 1.165) is 5.57 Å². The molecule has 0 N–H and O–H groups in total. The van der Waals surface area contributed by atoms with E-state index in [0.29, 0.717) is 29.3 Å². The minimum atomic E-state index is -0.506. The van der Waals surface area contributed by atoms with Gasteiger partial charge in [0.1, 0.15) is 18.1 Å². The predicted octanol–water partition coefficient (Wildman–Crippen LogP) is 3.02. The van der Waals surface area contributed by atoms with Crippen LogP contribution in [0.4, 0.5) is 0 Å². The maximum Gasteiger partial charge on any atom is 0.343 e. The molecule has 5 heteroatoms. The highest BCUT2D eigenvalue weighted by atomic mass is 16.6. The van der Waals surface area contributed by atoms with Crippen LogP contribution >= 0.6 is 0 Å². The van der Waals surface area contributed by atoms with Crippen LogP contribution in [-0.4, -0.2) is 24.6 Å². The number of carbonyl (C=O) groups excluding carboxylic acids is 2. The van der Waals surface area contributed by atoms with Gasteiger partial charge in [-0.2, -0.15) is 0 Å². The number of hydrogen-bond donors (Lipinski definition) is 0. The van der Waals surface area contributed by atoms with Crippen molar-refractivity contribution in [3.05, 3.63) is 53.3 Å². The molecule has 0 spiro atoms. The van der Waals surface area contributed by atoms with Crippen LogP contribution in [0.1, 0.15) is 31.1 Å². The zero-order chi connectivity index (χ0) is 16.3. The molecule has 22 heavy (non-hydrogen) atoms. The fourth-order valence-electron chi connectivity index (χ4n) is 1.80. The Kier molecular flexibility index (Phi) is 4.78. The quantitative estimate of drug-likeness (QED) is 0.486. The number of ether oxygens (including phenoxy) is 3.